The Kier molecular flexibility index (Phi) is 4.19. The van der Waals surface area contributed by atoms with E-state index in [-0.39, 0.29) is 5.78 Å². The van der Waals surface area contributed by atoms with Crippen molar-refractivity contribution >= 4 is 33.7 Å². The second-order valence-electron chi connectivity index (χ2n) is 6.27. The number of rotatable bonds is 5. The molecule has 0 fully saturated rings. The number of fused-ring (bicyclic) bond motifs is 2. The maximum Gasteiger partial charge on any atom is 0.338 e. The first-order valence-electron chi connectivity index (χ1n) is 8.73. The van der Waals surface area contributed by atoms with Gasteiger partial charge in [0.15, 0.2) is 6.10 Å². The monoisotopic (exact) mass is 362 g/mol. The van der Waals surface area contributed by atoms with Crippen LogP contribution in [0.1, 0.15) is 34.6 Å². The summed E-state index contributed by atoms with van der Waals surface area (Å²) in [5.41, 5.74) is 3.17. The molecule has 27 heavy (non-hydrogen) atoms. The smallest absolute Gasteiger partial charge is 0.338 e. The van der Waals surface area contributed by atoms with Gasteiger partial charge >= 0.3 is 5.97 Å². The Morgan fingerprint density at radius 3 is 2.85 bits per heavy atom. The fourth-order valence-corrected chi connectivity index (χ4v) is 3.11. The molecular formula is C20H18N4O3. The first-order valence-corrected chi connectivity index (χ1v) is 8.73. The van der Waals surface area contributed by atoms with E-state index in [0.29, 0.717) is 23.2 Å². The third-order valence-corrected chi connectivity index (χ3v) is 4.56. The number of ketones is 1. The van der Waals surface area contributed by atoms with Crippen LogP contribution in [0.3, 0.4) is 0 Å². The number of carbonyl (C=O) groups is 2. The van der Waals surface area contributed by atoms with Crippen molar-refractivity contribution < 1.29 is 14.3 Å². The average molecular weight is 362 g/mol. The number of aryl methyl sites for hydroxylation is 1. The lowest BCUT2D eigenvalue weighted by atomic mass is 10.1. The zero-order valence-corrected chi connectivity index (χ0v) is 15.0. The Morgan fingerprint density at radius 1 is 1.22 bits per heavy atom. The zero-order valence-electron chi connectivity index (χ0n) is 15.0. The molecule has 2 aromatic carbocycles. The van der Waals surface area contributed by atoms with Crippen LogP contribution in [0.4, 0.5) is 0 Å². The Hall–Kier alpha value is -3.48. The lowest BCUT2D eigenvalue weighted by molar-refractivity contribution is 0.0319. The summed E-state index contributed by atoms with van der Waals surface area (Å²) in [5, 5.41) is 8.89. The number of para-hydroxylation sites is 1. The van der Waals surface area contributed by atoms with Crippen LogP contribution in [0, 0.1) is 0 Å². The molecule has 4 rings (SSSR count). The number of nitrogens with one attached hydrogen (secondary N) is 1. The molecule has 0 unspecified atom stereocenters. The van der Waals surface area contributed by atoms with Crippen LogP contribution in [0.5, 0.6) is 0 Å². The highest BCUT2D eigenvalue weighted by Gasteiger charge is 2.23. The molecule has 0 saturated heterocycles. The number of esters is 1. The molecule has 2 heterocycles. The summed E-state index contributed by atoms with van der Waals surface area (Å²) in [5.74, 6) is -0.817. The molecule has 0 aliphatic rings. The van der Waals surface area contributed by atoms with Crippen LogP contribution < -0.4 is 0 Å². The largest absolute Gasteiger partial charge is 0.451 e. The minimum absolute atomic E-state index is 0.251. The highest BCUT2D eigenvalue weighted by atomic mass is 16.5. The van der Waals surface area contributed by atoms with Gasteiger partial charge in [-0.15, -0.1) is 5.10 Å². The Bertz CT molecular complexity index is 1160. The van der Waals surface area contributed by atoms with Crippen LogP contribution in [-0.4, -0.2) is 37.8 Å². The molecule has 2 aromatic heterocycles. The van der Waals surface area contributed by atoms with Gasteiger partial charge in [0.05, 0.1) is 11.1 Å². The molecule has 0 spiro atoms. The summed E-state index contributed by atoms with van der Waals surface area (Å²) in [6.07, 6.45) is 0.741. The number of hydrogen-bond donors (Lipinski definition) is 1. The molecule has 136 valence electrons. The summed E-state index contributed by atoms with van der Waals surface area (Å²) in [6.45, 7) is 4.23. The number of aromatic amines is 1. The predicted molar refractivity (Wildman–Crippen MR) is 101 cm³/mol. The lowest BCUT2D eigenvalue weighted by Gasteiger charge is -2.12. The van der Waals surface area contributed by atoms with Crippen LogP contribution in [0.15, 0.2) is 48.7 Å². The molecule has 0 amide bonds. The molecular weight excluding hydrogens is 344 g/mol. The third kappa shape index (κ3) is 2.97. The van der Waals surface area contributed by atoms with Crippen LogP contribution in [0.2, 0.25) is 0 Å². The quantitative estimate of drug-likeness (QED) is 0.434. The SMILES string of the molecule is CCn1nnc2cc(C(=O)O[C@H](C)C(=O)c3c[nH]c4ccccc34)ccc21. The number of H-pyrrole nitrogens is 1. The van der Waals surface area contributed by atoms with Crippen LogP contribution in [0.25, 0.3) is 21.9 Å². The minimum atomic E-state index is -0.904. The Balaban J connectivity index is 1.54. The van der Waals surface area contributed by atoms with Crippen molar-refractivity contribution in [3.05, 3.63) is 59.8 Å². The zero-order chi connectivity index (χ0) is 19.0. The number of carbonyl (C=O) groups excluding carboxylic acids is 2. The van der Waals surface area contributed by atoms with E-state index < -0.39 is 12.1 Å². The average Bonchev–Trinajstić information content (AvgIpc) is 3.30. The number of hydrogen-bond acceptors (Lipinski definition) is 5. The fraction of sp³-hybridized carbons (Fsp3) is 0.200. The molecule has 0 aliphatic heterocycles. The maximum atomic E-state index is 12.7. The van der Waals surface area contributed by atoms with E-state index in [1.54, 1.807) is 36.0 Å². The van der Waals surface area contributed by atoms with Crippen molar-refractivity contribution in [1.29, 1.82) is 0 Å². The first-order chi connectivity index (χ1) is 13.1. The number of aromatic nitrogens is 4. The van der Waals surface area contributed by atoms with Gasteiger partial charge in [-0.3, -0.25) is 4.79 Å². The van der Waals surface area contributed by atoms with Gasteiger partial charge in [0.2, 0.25) is 5.78 Å². The van der Waals surface area contributed by atoms with E-state index in [0.717, 1.165) is 16.4 Å². The summed E-state index contributed by atoms with van der Waals surface area (Å²) >= 11 is 0. The van der Waals surface area contributed by atoms with Gasteiger partial charge in [-0.05, 0) is 38.1 Å². The van der Waals surface area contributed by atoms with Crippen molar-refractivity contribution in [2.24, 2.45) is 0 Å². The molecule has 0 saturated carbocycles. The van der Waals surface area contributed by atoms with Gasteiger partial charge < -0.3 is 9.72 Å². The van der Waals surface area contributed by atoms with Crippen molar-refractivity contribution in [2.75, 3.05) is 0 Å². The highest BCUT2D eigenvalue weighted by molar-refractivity contribution is 6.10. The molecule has 7 nitrogen and oxygen atoms in total. The van der Waals surface area contributed by atoms with Gasteiger partial charge in [0.25, 0.3) is 0 Å². The van der Waals surface area contributed by atoms with Crippen LogP contribution >= 0.6 is 0 Å². The van der Waals surface area contributed by atoms with Gasteiger partial charge in [0.1, 0.15) is 5.52 Å². The first kappa shape index (κ1) is 17.0. The minimum Gasteiger partial charge on any atom is -0.451 e. The van der Waals surface area contributed by atoms with E-state index in [1.165, 1.54) is 0 Å². The number of benzene rings is 2. The number of nitrogens with zero attached hydrogens (tertiary/aromatic N) is 3. The lowest BCUT2D eigenvalue weighted by Crippen LogP contribution is -2.24. The predicted octanol–water partition coefficient (Wildman–Crippen LogP) is 3.36. The second kappa shape index (κ2) is 6.68. The van der Waals surface area contributed by atoms with E-state index in [2.05, 4.69) is 15.3 Å². The Labute approximate surface area is 154 Å². The summed E-state index contributed by atoms with van der Waals surface area (Å²) in [7, 11) is 0. The molecule has 7 heteroatoms. The van der Waals surface area contributed by atoms with E-state index in [4.69, 9.17) is 4.74 Å². The molecule has 0 bridgehead atoms. The maximum absolute atomic E-state index is 12.7. The second-order valence-corrected chi connectivity index (χ2v) is 6.27. The Morgan fingerprint density at radius 2 is 2.04 bits per heavy atom. The van der Waals surface area contributed by atoms with Crippen molar-refractivity contribution in [3.63, 3.8) is 0 Å². The van der Waals surface area contributed by atoms with Gasteiger partial charge in [-0.25, -0.2) is 9.48 Å². The normalized spacial score (nSPS) is 12.4. The summed E-state index contributed by atoms with van der Waals surface area (Å²) in [6, 6.07) is 12.6. The topological polar surface area (TPSA) is 89.9 Å². The van der Waals surface area contributed by atoms with Gasteiger partial charge in [-0.2, -0.15) is 0 Å². The standard InChI is InChI=1S/C20H18N4O3/c1-3-24-18-9-8-13(10-17(18)22-23-24)20(26)27-12(2)19(25)15-11-21-16-7-5-4-6-14(15)16/h4-12,21H,3H2,1-2H3/t12-/m1/s1. The molecule has 0 aliphatic carbocycles. The number of ether oxygens (including phenoxy) is 1. The summed E-state index contributed by atoms with van der Waals surface area (Å²) < 4.78 is 7.14. The van der Waals surface area contributed by atoms with Gasteiger partial charge in [0, 0.05) is 29.2 Å². The van der Waals surface area contributed by atoms with Crippen molar-refractivity contribution in [1.82, 2.24) is 20.0 Å². The fourth-order valence-electron chi connectivity index (χ4n) is 3.11. The van der Waals surface area contributed by atoms with E-state index in [9.17, 15) is 9.59 Å². The van der Waals surface area contributed by atoms with Crippen LogP contribution in [-0.2, 0) is 11.3 Å². The van der Waals surface area contributed by atoms with Crippen molar-refractivity contribution in [2.45, 2.75) is 26.5 Å². The van der Waals surface area contributed by atoms with E-state index >= 15 is 0 Å². The number of Topliss-reactive ketones (excluding diaryl/α,β-unsaturated/α-hetero) is 1. The summed E-state index contributed by atoms with van der Waals surface area (Å²) in [4.78, 5) is 28.3. The van der Waals surface area contributed by atoms with E-state index in [1.807, 2.05) is 31.2 Å². The highest BCUT2D eigenvalue weighted by Crippen LogP contribution is 2.21. The van der Waals surface area contributed by atoms with Crippen molar-refractivity contribution in [3.8, 4) is 0 Å². The molecule has 4 aromatic rings. The molecule has 1 N–H and O–H groups in total. The third-order valence-electron chi connectivity index (χ3n) is 4.56. The molecule has 0 radical (unpaired) electrons. The van der Waals surface area contributed by atoms with Gasteiger partial charge in [-0.1, -0.05) is 23.4 Å². The molecule has 1 atom stereocenters.